The van der Waals surface area contributed by atoms with Crippen LogP contribution in [-0.4, -0.2) is 33.3 Å². The number of carbonyl (C=O) groups excluding carboxylic acids is 2. The van der Waals surface area contributed by atoms with Gasteiger partial charge in [0.2, 0.25) is 5.88 Å². The molecule has 2 aliphatic carbocycles. The molecule has 3 aromatic heterocycles. The van der Waals surface area contributed by atoms with Crippen molar-refractivity contribution in [2.45, 2.75) is 63.2 Å². The standard InChI is InChI=1S/C31H31ClN4O4/c32-28-27(39-18-19-5-2-1-3-6-19)15-14-25-24(17-26(36(25)28)20-8-9-20)30(38)35-21-10-12-22(13-11-21)40-31-23(29(33)37)7-4-16-34-31/h1-7,14-17,20-22H,8-13,18H2,(H2,33,37)(H,35,38). The third-order valence-electron chi connectivity index (χ3n) is 7.66. The summed E-state index contributed by atoms with van der Waals surface area (Å²) < 4.78 is 14.0. The minimum Gasteiger partial charge on any atom is -0.486 e. The number of benzene rings is 1. The van der Waals surface area contributed by atoms with Gasteiger partial charge in [-0.25, -0.2) is 4.98 Å². The van der Waals surface area contributed by atoms with Crippen LogP contribution in [0, 0.1) is 0 Å². The van der Waals surface area contributed by atoms with E-state index in [4.69, 9.17) is 26.8 Å². The first-order valence-electron chi connectivity index (χ1n) is 13.7. The monoisotopic (exact) mass is 558 g/mol. The van der Waals surface area contributed by atoms with E-state index in [9.17, 15) is 9.59 Å². The molecule has 0 bridgehead atoms. The first-order valence-corrected chi connectivity index (χ1v) is 14.1. The van der Waals surface area contributed by atoms with Gasteiger partial charge in [0.15, 0.2) is 10.9 Å². The highest BCUT2D eigenvalue weighted by Gasteiger charge is 2.31. The van der Waals surface area contributed by atoms with E-state index in [2.05, 4.69) is 10.3 Å². The number of amides is 2. The van der Waals surface area contributed by atoms with Crippen molar-refractivity contribution >= 4 is 28.9 Å². The van der Waals surface area contributed by atoms with Gasteiger partial charge in [0, 0.05) is 17.9 Å². The lowest BCUT2D eigenvalue weighted by Gasteiger charge is -2.29. The summed E-state index contributed by atoms with van der Waals surface area (Å²) in [7, 11) is 0. The summed E-state index contributed by atoms with van der Waals surface area (Å²) in [6, 6.07) is 19.0. The molecule has 206 valence electrons. The van der Waals surface area contributed by atoms with E-state index in [1.165, 1.54) is 0 Å². The number of halogens is 1. The van der Waals surface area contributed by atoms with Crippen molar-refractivity contribution in [1.82, 2.24) is 14.7 Å². The zero-order valence-corrected chi connectivity index (χ0v) is 22.8. The molecule has 3 N–H and O–H groups in total. The average molecular weight is 559 g/mol. The minimum atomic E-state index is -0.565. The lowest BCUT2D eigenvalue weighted by atomic mass is 9.92. The van der Waals surface area contributed by atoms with E-state index in [0.29, 0.717) is 29.0 Å². The average Bonchev–Trinajstić information content (AvgIpc) is 3.74. The van der Waals surface area contributed by atoms with Gasteiger partial charge in [-0.1, -0.05) is 41.9 Å². The molecule has 0 unspecified atom stereocenters. The molecular formula is C31H31ClN4O4. The van der Waals surface area contributed by atoms with Gasteiger partial charge < -0.3 is 24.9 Å². The fraction of sp³-hybridized carbons (Fsp3) is 0.323. The maximum Gasteiger partial charge on any atom is 0.254 e. The molecule has 2 amide bonds. The number of aromatic nitrogens is 2. The maximum absolute atomic E-state index is 13.5. The number of hydrogen-bond donors (Lipinski definition) is 2. The molecule has 0 saturated heterocycles. The predicted octanol–water partition coefficient (Wildman–Crippen LogP) is 5.66. The van der Waals surface area contributed by atoms with Gasteiger partial charge in [0.05, 0.1) is 11.1 Å². The fourth-order valence-corrected chi connectivity index (χ4v) is 5.69. The summed E-state index contributed by atoms with van der Waals surface area (Å²) in [5.74, 6) is 0.570. The second-order valence-electron chi connectivity index (χ2n) is 10.5. The molecule has 1 aromatic carbocycles. The van der Waals surface area contributed by atoms with Crippen LogP contribution in [0.2, 0.25) is 5.15 Å². The highest BCUT2D eigenvalue weighted by molar-refractivity contribution is 6.31. The summed E-state index contributed by atoms with van der Waals surface area (Å²) in [5.41, 5.74) is 9.23. The molecule has 4 aromatic rings. The molecule has 0 aliphatic heterocycles. The normalized spacial score (nSPS) is 18.8. The highest BCUT2D eigenvalue weighted by Crippen LogP contribution is 2.44. The van der Waals surface area contributed by atoms with Crippen molar-refractivity contribution < 1.29 is 19.1 Å². The van der Waals surface area contributed by atoms with Gasteiger partial charge in [-0.2, -0.15) is 0 Å². The molecule has 0 radical (unpaired) electrons. The molecule has 0 spiro atoms. The molecule has 2 fully saturated rings. The Morgan fingerprint density at radius 2 is 1.75 bits per heavy atom. The molecule has 9 heteroatoms. The maximum atomic E-state index is 13.5. The van der Waals surface area contributed by atoms with Crippen LogP contribution in [0.3, 0.4) is 0 Å². The van der Waals surface area contributed by atoms with E-state index in [1.54, 1.807) is 18.3 Å². The number of hydrogen-bond acceptors (Lipinski definition) is 5. The van der Waals surface area contributed by atoms with Crippen molar-refractivity contribution in [1.29, 1.82) is 0 Å². The van der Waals surface area contributed by atoms with E-state index in [-0.39, 0.29) is 29.5 Å². The summed E-state index contributed by atoms with van der Waals surface area (Å²) in [4.78, 5) is 29.3. The lowest BCUT2D eigenvalue weighted by molar-refractivity contribution is 0.0882. The van der Waals surface area contributed by atoms with E-state index >= 15 is 0 Å². The van der Waals surface area contributed by atoms with Crippen LogP contribution < -0.4 is 20.5 Å². The molecule has 40 heavy (non-hydrogen) atoms. The molecular weight excluding hydrogens is 528 g/mol. The fourth-order valence-electron chi connectivity index (χ4n) is 5.39. The Bertz CT molecular complexity index is 1540. The molecule has 6 rings (SSSR count). The van der Waals surface area contributed by atoms with Crippen LogP contribution >= 0.6 is 11.6 Å². The van der Waals surface area contributed by atoms with Gasteiger partial charge in [-0.3, -0.25) is 9.59 Å². The predicted molar refractivity (Wildman–Crippen MR) is 152 cm³/mol. The molecule has 8 nitrogen and oxygen atoms in total. The number of nitrogens with zero attached hydrogens (tertiary/aromatic N) is 2. The van der Waals surface area contributed by atoms with E-state index in [0.717, 1.165) is 55.3 Å². The number of fused-ring (bicyclic) bond motifs is 1. The van der Waals surface area contributed by atoms with Crippen molar-refractivity contribution in [3.63, 3.8) is 0 Å². The number of nitrogens with two attached hydrogens (primary N) is 1. The smallest absolute Gasteiger partial charge is 0.254 e. The van der Waals surface area contributed by atoms with Crippen molar-refractivity contribution in [3.8, 4) is 11.6 Å². The Morgan fingerprint density at radius 1 is 0.975 bits per heavy atom. The molecule has 2 saturated carbocycles. The van der Waals surface area contributed by atoms with Gasteiger partial charge >= 0.3 is 0 Å². The Kier molecular flexibility index (Phi) is 7.34. The lowest BCUT2D eigenvalue weighted by Crippen LogP contribution is -2.39. The first-order chi connectivity index (χ1) is 19.5. The number of primary amides is 1. The van der Waals surface area contributed by atoms with Crippen LogP contribution in [0.1, 0.15) is 76.4 Å². The Balaban J connectivity index is 1.14. The molecule has 2 aliphatic rings. The quantitative estimate of drug-likeness (QED) is 0.258. The summed E-state index contributed by atoms with van der Waals surface area (Å²) >= 11 is 6.87. The Hall–Kier alpha value is -4.04. The molecule has 3 heterocycles. The zero-order chi connectivity index (χ0) is 27.6. The number of nitrogens with one attached hydrogen (secondary N) is 1. The van der Waals surface area contributed by atoms with Crippen LogP contribution in [0.15, 0.2) is 66.9 Å². The van der Waals surface area contributed by atoms with Crippen LogP contribution in [0.4, 0.5) is 0 Å². The Labute approximate surface area is 237 Å². The van der Waals surface area contributed by atoms with Gasteiger partial charge in [0.1, 0.15) is 18.3 Å². The van der Waals surface area contributed by atoms with Crippen molar-refractivity contribution in [3.05, 3.63) is 94.4 Å². The number of rotatable bonds is 9. The SMILES string of the molecule is NC(=O)c1cccnc1OC1CCC(NC(=O)c2cc(C3CC3)n3c(Cl)c(OCc4ccccc4)ccc23)CC1. The Morgan fingerprint density at radius 3 is 2.48 bits per heavy atom. The van der Waals surface area contributed by atoms with Crippen molar-refractivity contribution in [2.24, 2.45) is 5.73 Å². The summed E-state index contributed by atoms with van der Waals surface area (Å²) in [6.07, 6.45) is 6.63. The topological polar surface area (TPSA) is 108 Å². The van der Waals surface area contributed by atoms with Crippen LogP contribution in [-0.2, 0) is 6.61 Å². The summed E-state index contributed by atoms with van der Waals surface area (Å²) in [6.45, 7) is 0.413. The van der Waals surface area contributed by atoms with Crippen molar-refractivity contribution in [2.75, 3.05) is 0 Å². The van der Waals surface area contributed by atoms with Crippen LogP contribution in [0.5, 0.6) is 11.6 Å². The number of carbonyl (C=O) groups is 2. The van der Waals surface area contributed by atoms with E-state index < -0.39 is 5.91 Å². The summed E-state index contributed by atoms with van der Waals surface area (Å²) in [5, 5.41) is 3.71. The van der Waals surface area contributed by atoms with Gasteiger partial charge in [-0.15, -0.1) is 0 Å². The minimum absolute atomic E-state index is 0.0231. The number of pyridine rings is 2. The molecule has 0 atom stereocenters. The first kappa shape index (κ1) is 26.2. The highest BCUT2D eigenvalue weighted by atomic mass is 35.5. The third kappa shape index (κ3) is 5.49. The van der Waals surface area contributed by atoms with Gasteiger partial charge in [-0.05, 0) is 80.3 Å². The second-order valence-corrected chi connectivity index (χ2v) is 10.9. The number of ether oxygens (including phenoxy) is 2. The van der Waals surface area contributed by atoms with Crippen LogP contribution in [0.25, 0.3) is 5.52 Å². The third-order valence-corrected chi connectivity index (χ3v) is 8.02. The largest absolute Gasteiger partial charge is 0.486 e. The van der Waals surface area contributed by atoms with E-state index in [1.807, 2.05) is 52.9 Å². The second kappa shape index (κ2) is 11.2. The zero-order valence-electron chi connectivity index (χ0n) is 22.0. The van der Waals surface area contributed by atoms with Gasteiger partial charge in [0.25, 0.3) is 11.8 Å².